The quantitative estimate of drug-likeness (QED) is 0.574. The van der Waals surface area contributed by atoms with Crippen LogP contribution in [0.25, 0.3) is 0 Å². The standard InChI is InChI=1S/C17H15BrN2O2S2/c1-10-14(16(21)22-9-11-5-3-2-4-6-11)15(20-17(23)19-10)12-7-8-13(18)24-12/h2-8,15H,9H2,1H3,(H2,19,20,23). The topological polar surface area (TPSA) is 50.4 Å². The predicted molar refractivity (Wildman–Crippen MR) is 103 cm³/mol. The van der Waals surface area contributed by atoms with Crippen molar-refractivity contribution in [2.45, 2.75) is 19.6 Å². The van der Waals surface area contributed by atoms with Gasteiger partial charge in [0.1, 0.15) is 6.61 Å². The molecule has 1 aliphatic rings. The maximum Gasteiger partial charge on any atom is 0.338 e. The molecule has 0 bridgehead atoms. The zero-order valence-electron chi connectivity index (χ0n) is 12.8. The van der Waals surface area contributed by atoms with Gasteiger partial charge in [0, 0.05) is 10.6 Å². The summed E-state index contributed by atoms with van der Waals surface area (Å²) in [5.41, 5.74) is 2.21. The van der Waals surface area contributed by atoms with Crippen molar-refractivity contribution in [3.63, 3.8) is 0 Å². The van der Waals surface area contributed by atoms with Gasteiger partial charge in [-0.05, 0) is 52.8 Å². The van der Waals surface area contributed by atoms with E-state index in [1.54, 1.807) is 11.3 Å². The minimum absolute atomic E-state index is 0.238. The summed E-state index contributed by atoms with van der Waals surface area (Å²) in [4.78, 5) is 13.7. The van der Waals surface area contributed by atoms with Crippen molar-refractivity contribution < 1.29 is 9.53 Å². The maximum absolute atomic E-state index is 12.7. The minimum atomic E-state index is -0.353. The second-order valence-corrected chi connectivity index (χ2v) is 8.18. The molecule has 1 aromatic carbocycles. The van der Waals surface area contributed by atoms with Crippen LogP contribution in [0.5, 0.6) is 0 Å². The monoisotopic (exact) mass is 422 g/mol. The molecule has 7 heteroatoms. The van der Waals surface area contributed by atoms with Crippen LogP contribution < -0.4 is 10.6 Å². The van der Waals surface area contributed by atoms with Crippen molar-refractivity contribution in [1.82, 2.24) is 10.6 Å². The molecule has 0 fully saturated rings. The summed E-state index contributed by atoms with van der Waals surface area (Å²) in [5.74, 6) is -0.353. The third-order valence-corrected chi connectivity index (χ3v) is 5.49. The van der Waals surface area contributed by atoms with E-state index >= 15 is 0 Å². The van der Waals surface area contributed by atoms with E-state index in [1.807, 2.05) is 49.4 Å². The molecule has 124 valence electrons. The molecule has 24 heavy (non-hydrogen) atoms. The highest BCUT2D eigenvalue weighted by molar-refractivity contribution is 9.11. The van der Waals surface area contributed by atoms with E-state index in [-0.39, 0.29) is 18.6 Å². The zero-order chi connectivity index (χ0) is 17.1. The van der Waals surface area contributed by atoms with Crippen LogP contribution in [-0.2, 0) is 16.1 Å². The molecule has 0 radical (unpaired) electrons. The summed E-state index contributed by atoms with van der Waals surface area (Å²) in [7, 11) is 0. The number of halogens is 1. The molecule has 2 heterocycles. The van der Waals surface area contributed by atoms with Crippen molar-refractivity contribution in [1.29, 1.82) is 0 Å². The Morgan fingerprint density at radius 2 is 2.04 bits per heavy atom. The van der Waals surface area contributed by atoms with Gasteiger partial charge < -0.3 is 15.4 Å². The molecule has 3 rings (SSSR count). The number of carbonyl (C=O) groups is 1. The second-order valence-electron chi connectivity index (χ2n) is 5.27. The molecule has 2 aromatic rings. The Kier molecular flexibility index (Phi) is 5.33. The highest BCUT2D eigenvalue weighted by Crippen LogP contribution is 2.34. The van der Waals surface area contributed by atoms with Crippen LogP contribution in [0.3, 0.4) is 0 Å². The van der Waals surface area contributed by atoms with Crippen LogP contribution in [0.15, 0.2) is 57.5 Å². The van der Waals surface area contributed by atoms with Gasteiger partial charge in [0.05, 0.1) is 15.4 Å². The molecule has 0 saturated carbocycles. The van der Waals surface area contributed by atoms with Gasteiger partial charge in [-0.3, -0.25) is 0 Å². The molecule has 1 aromatic heterocycles. The number of carbonyl (C=O) groups excluding carboxylic acids is 1. The van der Waals surface area contributed by atoms with Gasteiger partial charge in [-0.25, -0.2) is 4.79 Å². The molecule has 0 aliphatic carbocycles. The van der Waals surface area contributed by atoms with Crippen molar-refractivity contribution in [3.05, 3.63) is 68.0 Å². The third-order valence-electron chi connectivity index (χ3n) is 3.58. The highest BCUT2D eigenvalue weighted by Gasteiger charge is 2.31. The third kappa shape index (κ3) is 3.85. The fourth-order valence-electron chi connectivity index (χ4n) is 2.46. The van der Waals surface area contributed by atoms with Gasteiger partial charge in [0.2, 0.25) is 0 Å². The molecule has 1 aliphatic heterocycles. The van der Waals surface area contributed by atoms with Gasteiger partial charge in [-0.15, -0.1) is 11.3 Å². The average Bonchev–Trinajstić information content (AvgIpc) is 2.99. The first-order chi connectivity index (χ1) is 11.5. The molecule has 4 nitrogen and oxygen atoms in total. The minimum Gasteiger partial charge on any atom is -0.457 e. The van der Waals surface area contributed by atoms with Gasteiger partial charge in [0.15, 0.2) is 5.11 Å². The molecule has 0 spiro atoms. The lowest BCUT2D eigenvalue weighted by Gasteiger charge is -2.28. The first-order valence-corrected chi connectivity index (χ1v) is 9.31. The van der Waals surface area contributed by atoms with E-state index in [9.17, 15) is 4.79 Å². The van der Waals surface area contributed by atoms with Gasteiger partial charge in [-0.2, -0.15) is 0 Å². The number of thiophene rings is 1. The Labute approximate surface area is 158 Å². The summed E-state index contributed by atoms with van der Waals surface area (Å²) < 4.78 is 6.50. The van der Waals surface area contributed by atoms with Crippen LogP contribution >= 0.6 is 39.5 Å². The van der Waals surface area contributed by atoms with E-state index in [0.717, 1.165) is 14.2 Å². The number of esters is 1. The Balaban J connectivity index is 1.82. The van der Waals surface area contributed by atoms with E-state index in [0.29, 0.717) is 16.4 Å². The summed E-state index contributed by atoms with van der Waals surface area (Å²) in [6.45, 7) is 2.07. The predicted octanol–water partition coefficient (Wildman–Crippen LogP) is 4.05. The van der Waals surface area contributed by atoms with Crippen LogP contribution in [0.4, 0.5) is 0 Å². The second kappa shape index (κ2) is 7.46. The lowest BCUT2D eigenvalue weighted by Crippen LogP contribution is -2.44. The Morgan fingerprint density at radius 3 is 2.71 bits per heavy atom. The number of ether oxygens (including phenoxy) is 1. The number of thiocarbonyl (C=S) groups is 1. The Bertz CT molecular complexity index is 802. The van der Waals surface area contributed by atoms with Crippen molar-refractivity contribution in [2.24, 2.45) is 0 Å². The van der Waals surface area contributed by atoms with E-state index in [4.69, 9.17) is 17.0 Å². The lowest BCUT2D eigenvalue weighted by atomic mass is 10.0. The number of hydrogen-bond acceptors (Lipinski definition) is 4. The first kappa shape index (κ1) is 17.1. The average molecular weight is 423 g/mol. The Hall–Kier alpha value is -1.70. The smallest absolute Gasteiger partial charge is 0.338 e. The summed E-state index contributed by atoms with van der Waals surface area (Å²) in [6, 6.07) is 13.2. The van der Waals surface area contributed by atoms with Crippen LogP contribution in [0.1, 0.15) is 23.4 Å². The zero-order valence-corrected chi connectivity index (χ0v) is 16.1. The fraction of sp³-hybridized carbons (Fsp3) is 0.176. The van der Waals surface area contributed by atoms with Crippen LogP contribution in [0, 0.1) is 0 Å². The summed E-state index contributed by atoms with van der Waals surface area (Å²) in [6.07, 6.45) is 0. The molecule has 1 unspecified atom stereocenters. The van der Waals surface area contributed by atoms with E-state index < -0.39 is 0 Å². The SMILES string of the molecule is CC1=C(C(=O)OCc2ccccc2)C(c2ccc(Br)s2)NC(=S)N1. The normalized spacial score (nSPS) is 17.2. The maximum atomic E-state index is 12.7. The van der Waals surface area contributed by atoms with E-state index in [2.05, 4.69) is 26.6 Å². The lowest BCUT2D eigenvalue weighted by molar-refractivity contribution is -0.140. The van der Waals surface area contributed by atoms with Crippen molar-refractivity contribution in [2.75, 3.05) is 0 Å². The highest BCUT2D eigenvalue weighted by atomic mass is 79.9. The van der Waals surface area contributed by atoms with Gasteiger partial charge in [0.25, 0.3) is 0 Å². The summed E-state index contributed by atoms with van der Waals surface area (Å²) >= 11 is 10.2. The van der Waals surface area contributed by atoms with Gasteiger partial charge >= 0.3 is 5.97 Å². The molecule has 0 saturated heterocycles. The Morgan fingerprint density at radius 1 is 1.29 bits per heavy atom. The van der Waals surface area contributed by atoms with Crippen LogP contribution in [0.2, 0.25) is 0 Å². The van der Waals surface area contributed by atoms with Crippen molar-refractivity contribution >= 4 is 50.6 Å². The van der Waals surface area contributed by atoms with Gasteiger partial charge in [-0.1, -0.05) is 30.3 Å². The number of nitrogens with one attached hydrogen (secondary N) is 2. The largest absolute Gasteiger partial charge is 0.457 e. The number of hydrogen-bond donors (Lipinski definition) is 2. The van der Waals surface area contributed by atoms with E-state index in [1.165, 1.54) is 0 Å². The fourth-order valence-corrected chi connectivity index (χ4v) is 4.22. The van der Waals surface area contributed by atoms with Crippen LogP contribution in [-0.4, -0.2) is 11.1 Å². The molecular formula is C17H15BrN2O2S2. The molecule has 2 N–H and O–H groups in total. The number of benzene rings is 1. The number of rotatable bonds is 4. The van der Waals surface area contributed by atoms with Crippen molar-refractivity contribution in [3.8, 4) is 0 Å². The molecule has 0 amide bonds. The first-order valence-electron chi connectivity index (χ1n) is 7.29. The molecular weight excluding hydrogens is 408 g/mol. The molecule has 1 atom stereocenters. The number of allylic oxidation sites excluding steroid dienone is 1. The summed E-state index contributed by atoms with van der Waals surface area (Å²) in [5, 5.41) is 6.67.